The first-order valence-corrected chi connectivity index (χ1v) is 8.47. The molecule has 0 radical (unpaired) electrons. The van der Waals surface area contributed by atoms with Crippen molar-refractivity contribution in [3.8, 4) is 0 Å². The molecule has 0 aliphatic rings. The number of nitrogens with zero attached hydrogens (tertiary/aromatic N) is 5. The fourth-order valence-corrected chi connectivity index (χ4v) is 3.05. The second-order valence-corrected chi connectivity index (χ2v) is 6.19. The molecule has 8 heteroatoms. The molecular formula is C19H16N8. The number of nitrogens with one attached hydrogen (secondary N) is 3. The molecule has 0 aliphatic carbocycles. The van der Waals surface area contributed by atoms with Crippen LogP contribution in [0.3, 0.4) is 0 Å². The summed E-state index contributed by atoms with van der Waals surface area (Å²) in [6.07, 6.45) is 5.35. The van der Waals surface area contributed by atoms with Gasteiger partial charge in [-0.05, 0) is 36.4 Å². The number of rotatable bonds is 4. The standard InChI is InChI=1S/C19H16N8/c1-27-17-9-13(6-5-12(17)10-22-27)23-19-20-8-7-18(25-19)24-15-3-2-4-16-14(15)11-21-26-16/h2-11H,1H3,(H,21,26)(H2,20,23,24,25). The number of fused-ring (bicyclic) bond motifs is 2. The Bertz CT molecular complexity index is 1250. The number of benzene rings is 2. The quantitative estimate of drug-likeness (QED) is 0.454. The molecule has 5 aromatic rings. The van der Waals surface area contributed by atoms with Gasteiger partial charge >= 0.3 is 0 Å². The molecule has 8 nitrogen and oxygen atoms in total. The number of hydrogen-bond donors (Lipinski definition) is 3. The van der Waals surface area contributed by atoms with Crippen molar-refractivity contribution in [2.24, 2.45) is 7.05 Å². The van der Waals surface area contributed by atoms with Gasteiger partial charge in [0.25, 0.3) is 0 Å². The third-order valence-corrected chi connectivity index (χ3v) is 4.41. The van der Waals surface area contributed by atoms with E-state index in [9.17, 15) is 0 Å². The average Bonchev–Trinajstić information content (AvgIpc) is 3.30. The molecule has 0 unspecified atom stereocenters. The Hall–Kier alpha value is -3.94. The van der Waals surface area contributed by atoms with Crippen molar-refractivity contribution in [1.82, 2.24) is 29.9 Å². The summed E-state index contributed by atoms with van der Waals surface area (Å²) in [7, 11) is 1.92. The Morgan fingerprint density at radius 3 is 2.96 bits per heavy atom. The van der Waals surface area contributed by atoms with Crippen LogP contribution in [-0.4, -0.2) is 29.9 Å². The van der Waals surface area contributed by atoms with Gasteiger partial charge < -0.3 is 10.6 Å². The number of H-pyrrole nitrogens is 1. The van der Waals surface area contributed by atoms with Gasteiger partial charge in [-0.25, -0.2) is 4.98 Å². The molecule has 132 valence electrons. The maximum absolute atomic E-state index is 4.56. The molecular weight excluding hydrogens is 340 g/mol. The van der Waals surface area contributed by atoms with E-state index in [-0.39, 0.29) is 0 Å². The molecule has 0 aliphatic heterocycles. The SMILES string of the molecule is Cn1ncc2ccc(Nc3nccc(Nc4cccc5[nH]ncc45)n3)cc21. The maximum Gasteiger partial charge on any atom is 0.229 e. The Kier molecular flexibility index (Phi) is 3.46. The fraction of sp³-hybridized carbons (Fsp3) is 0.0526. The highest BCUT2D eigenvalue weighted by Crippen LogP contribution is 2.25. The van der Waals surface area contributed by atoms with E-state index in [1.807, 2.05) is 60.4 Å². The van der Waals surface area contributed by atoms with Gasteiger partial charge in [0, 0.05) is 29.7 Å². The van der Waals surface area contributed by atoms with E-state index in [1.54, 1.807) is 12.4 Å². The Morgan fingerprint density at radius 2 is 2.00 bits per heavy atom. The predicted molar refractivity (Wildman–Crippen MR) is 105 cm³/mol. The lowest BCUT2D eigenvalue weighted by Crippen LogP contribution is -2.00. The summed E-state index contributed by atoms with van der Waals surface area (Å²) >= 11 is 0. The largest absolute Gasteiger partial charge is 0.339 e. The lowest BCUT2D eigenvalue weighted by Gasteiger charge is -2.09. The summed E-state index contributed by atoms with van der Waals surface area (Å²) < 4.78 is 1.84. The zero-order valence-electron chi connectivity index (χ0n) is 14.5. The van der Waals surface area contributed by atoms with Crippen molar-refractivity contribution >= 4 is 44.9 Å². The predicted octanol–water partition coefficient (Wildman–Crippen LogP) is 3.73. The van der Waals surface area contributed by atoms with Crippen LogP contribution in [0.25, 0.3) is 21.8 Å². The molecule has 5 rings (SSSR count). The van der Waals surface area contributed by atoms with Crippen LogP contribution in [0.2, 0.25) is 0 Å². The first kappa shape index (κ1) is 15.3. The maximum atomic E-state index is 4.56. The molecule has 3 aromatic heterocycles. The van der Waals surface area contributed by atoms with Crippen LogP contribution in [0, 0.1) is 0 Å². The smallest absolute Gasteiger partial charge is 0.229 e. The van der Waals surface area contributed by atoms with E-state index in [0.717, 1.165) is 33.2 Å². The lowest BCUT2D eigenvalue weighted by molar-refractivity contribution is 0.797. The van der Waals surface area contributed by atoms with Gasteiger partial charge in [-0.15, -0.1) is 0 Å². The summed E-state index contributed by atoms with van der Waals surface area (Å²) in [4.78, 5) is 8.87. The van der Waals surface area contributed by atoms with Crippen LogP contribution < -0.4 is 10.6 Å². The van der Waals surface area contributed by atoms with Crippen molar-refractivity contribution in [1.29, 1.82) is 0 Å². The number of hydrogen-bond acceptors (Lipinski definition) is 6. The lowest BCUT2D eigenvalue weighted by atomic mass is 10.2. The summed E-state index contributed by atoms with van der Waals surface area (Å²) in [6.45, 7) is 0. The van der Waals surface area contributed by atoms with E-state index >= 15 is 0 Å². The molecule has 0 spiro atoms. The molecule has 27 heavy (non-hydrogen) atoms. The second kappa shape index (κ2) is 6.10. The Morgan fingerprint density at radius 1 is 1.04 bits per heavy atom. The van der Waals surface area contributed by atoms with Crippen molar-refractivity contribution in [3.05, 3.63) is 61.1 Å². The molecule has 0 fully saturated rings. The van der Waals surface area contributed by atoms with Crippen LogP contribution in [0.15, 0.2) is 61.1 Å². The second-order valence-electron chi connectivity index (χ2n) is 6.19. The topological polar surface area (TPSA) is 96.3 Å². The van der Waals surface area contributed by atoms with Crippen molar-refractivity contribution in [2.45, 2.75) is 0 Å². The van der Waals surface area contributed by atoms with Crippen molar-refractivity contribution < 1.29 is 0 Å². The monoisotopic (exact) mass is 356 g/mol. The van der Waals surface area contributed by atoms with Crippen molar-refractivity contribution in [3.63, 3.8) is 0 Å². The minimum Gasteiger partial charge on any atom is -0.339 e. The number of anilines is 4. The summed E-state index contributed by atoms with van der Waals surface area (Å²) in [5.41, 5.74) is 3.85. The molecule has 0 amide bonds. The zero-order valence-corrected chi connectivity index (χ0v) is 14.5. The van der Waals surface area contributed by atoms with Gasteiger partial charge in [-0.1, -0.05) is 6.07 Å². The third kappa shape index (κ3) is 2.82. The van der Waals surface area contributed by atoms with E-state index in [0.29, 0.717) is 11.8 Å². The minimum atomic E-state index is 0.515. The average molecular weight is 356 g/mol. The van der Waals surface area contributed by atoms with Gasteiger partial charge in [-0.2, -0.15) is 15.2 Å². The van der Waals surface area contributed by atoms with E-state index in [4.69, 9.17) is 0 Å². The summed E-state index contributed by atoms with van der Waals surface area (Å²) in [6, 6.07) is 13.8. The van der Waals surface area contributed by atoms with Gasteiger partial charge in [0.15, 0.2) is 0 Å². The summed E-state index contributed by atoms with van der Waals surface area (Å²) in [5, 5.41) is 20.0. The highest BCUT2D eigenvalue weighted by atomic mass is 15.2. The third-order valence-electron chi connectivity index (χ3n) is 4.41. The first-order chi connectivity index (χ1) is 13.3. The van der Waals surface area contributed by atoms with E-state index in [1.165, 1.54) is 0 Å². The Balaban J connectivity index is 1.43. The first-order valence-electron chi connectivity index (χ1n) is 8.47. The van der Waals surface area contributed by atoms with Gasteiger partial charge in [0.05, 0.1) is 29.1 Å². The number of aromatic amines is 1. The van der Waals surface area contributed by atoms with E-state index in [2.05, 4.69) is 35.9 Å². The molecule has 2 aromatic carbocycles. The number of aryl methyl sites for hydroxylation is 1. The van der Waals surface area contributed by atoms with Crippen LogP contribution in [0.5, 0.6) is 0 Å². The van der Waals surface area contributed by atoms with Crippen molar-refractivity contribution in [2.75, 3.05) is 10.6 Å². The fourth-order valence-electron chi connectivity index (χ4n) is 3.05. The van der Waals surface area contributed by atoms with Gasteiger partial charge in [0.2, 0.25) is 5.95 Å². The van der Waals surface area contributed by atoms with Crippen LogP contribution in [0.4, 0.5) is 23.1 Å². The minimum absolute atomic E-state index is 0.515. The highest BCUT2D eigenvalue weighted by Gasteiger charge is 2.06. The highest BCUT2D eigenvalue weighted by molar-refractivity contribution is 5.92. The van der Waals surface area contributed by atoms with Crippen LogP contribution in [0.1, 0.15) is 0 Å². The molecule has 0 saturated heterocycles. The van der Waals surface area contributed by atoms with Crippen LogP contribution in [-0.2, 0) is 7.05 Å². The van der Waals surface area contributed by atoms with Gasteiger partial charge in [-0.3, -0.25) is 9.78 Å². The van der Waals surface area contributed by atoms with Crippen LogP contribution >= 0.6 is 0 Å². The number of aromatic nitrogens is 6. The molecule has 0 saturated carbocycles. The molecule has 0 bridgehead atoms. The molecule has 3 N–H and O–H groups in total. The van der Waals surface area contributed by atoms with Gasteiger partial charge in [0.1, 0.15) is 5.82 Å². The summed E-state index contributed by atoms with van der Waals surface area (Å²) in [5.74, 6) is 1.21. The molecule has 3 heterocycles. The van der Waals surface area contributed by atoms with E-state index < -0.39 is 0 Å². The normalized spacial score (nSPS) is 11.1. The zero-order chi connectivity index (χ0) is 18.2. The Labute approximate surface area is 154 Å². The molecule has 0 atom stereocenters.